The third-order valence-corrected chi connectivity index (χ3v) is 6.31. The third kappa shape index (κ3) is 3.75. The van der Waals surface area contributed by atoms with Gasteiger partial charge in [0.15, 0.2) is 0 Å². The first-order valence-corrected chi connectivity index (χ1v) is 10.3. The number of nitrogens with one attached hydrogen (secondary N) is 1. The molecule has 0 saturated carbocycles. The standard InChI is InChI=1S/C20H24N2O3S/c1-14-12-15(2)20(16(3)13-14)26(24,25)21-17-7-9-18(10-8-17)22-11-5-4-6-19(22)23/h7-10,12-13,21H,4-6,11H2,1-3H3. The van der Waals surface area contributed by atoms with Gasteiger partial charge < -0.3 is 4.90 Å². The van der Waals surface area contributed by atoms with E-state index in [0.717, 1.165) is 35.2 Å². The monoisotopic (exact) mass is 372 g/mol. The number of anilines is 2. The second-order valence-electron chi connectivity index (χ2n) is 6.88. The van der Waals surface area contributed by atoms with Gasteiger partial charge in [0, 0.05) is 24.3 Å². The smallest absolute Gasteiger partial charge is 0.262 e. The lowest BCUT2D eigenvalue weighted by molar-refractivity contribution is -0.119. The van der Waals surface area contributed by atoms with Gasteiger partial charge in [0.05, 0.1) is 4.90 Å². The molecule has 2 aromatic carbocycles. The number of carbonyl (C=O) groups excluding carboxylic acids is 1. The van der Waals surface area contributed by atoms with Crippen LogP contribution in [0.15, 0.2) is 41.3 Å². The highest BCUT2D eigenvalue weighted by molar-refractivity contribution is 7.92. The number of amides is 1. The van der Waals surface area contributed by atoms with E-state index in [0.29, 0.717) is 23.5 Å². The van der Waals surface area contributed by atoms with Crippen molar-refractivity contribution in [3.63, 3.8) is 0 Å². The average molecular weight is 372 g/mol. The van der Waals surface area contributed by atoms with E-state index in [1.54, 1.807) is 43.0 Å². The van der Waals surface area contributed by atoms with Crippen molar-refractivity contribution >= 4 is 27.3 Å². The maximum Gasteiger partial charge on any atom is 0.262 e. The minimum atomic E-state index is -3.67. The van der Waals surface area contributed by atoms with Crippen LogP contribution in [-0.4, -0.2) is 20.9 Å². The number of hydrogen-bond donors (Lipinski definition) is 1. The molecule has 1 N–H and O–H groups in total. The molecule has 1 fully saturated rings. The van der Waals surface area contributed by atoms with Crippen LogP contribution < -0.4 is 9.62 Å². The van der Waals surface area contributed by atoms with E-state index in [9.17, 15) is 13.2 Å². The van der Waals surface area contributed by atoms with Gasteiger partial charge >= 0.3 is 0 Å². The molecule has 2 aromatic rings. The van der Waals surface area contributed by atoms with Gasteiger partial charge in [0.1, 0.15) is 0 Å². The van der Waals surface area contributed by atoms with E-state index in [1.807, 2.05) is 19.1 Å². The molecule has 1 amide bonds. The van der Waals surface area contributed by atoms with E-state index in [4.69, 9.17) is 0 Å². The van der Waals surface area contributed by atoms with E-state index in [1.165, 1.54) is 0 Å². The molecular weight excluding hydrogens is 348 g/mol. The summed E-state index contributed by atoms with van der Waals surface area (Å²) in [4.78, 5) is 14.1. The predicted octanol–water partition coefficient (Wildman–Crippen LogP) is 3.93. The number of carbonyl (C=O) groups is 1. The van der Waals surface area contributed by atoms with E-state index >= 15 is 0 Å². The number of benzene rings is 2. The molecule has 0 aliphatic carbocycles. The van der Waals surface area contributed by atoms with Crippen molar-refractivity contribution in [1.82, 2.24) is 0 Å². The summed E-state index contributed by atoms with van der Waals surface area (Å²) >= 11 is 0. The molecule has 0 aromatic heterocycles. The number of aryl methyl sites for hydroxylation is 3. The van der Waals surface area contributed by atoms with Gasteiger partial charge in [-0.25, -0.2) is 8.42 Å². The Bertz CT molecular complexity index is 911. The summed E-state index contributed by atoms with van der Waals surface area (Å²) < 4.78 is 28.3. The maximum atomic E-state index is 12.8. The second kappa shape index (κ2) is 7.11. The van der Waals surface area contributed by atoms with E-state index in [2.05, 4.69) is 4.72 Å². The summed E-state index contributed by atoms with van der Waals surface area (Å²) in [7, 11) is -3.67. The van der Waals surface area contributed by atoms with Gasteiger partial charge in [-0.3, -0.25) is 9.52 Å². The fourth-order valence-corrected chi connectivity index (χ4v) is 5.10. The number of hydrogen-bond acceptors (Lipinski definition) is 3. The summed E-state index contributed by atoms with van der Waals surface area (Å²) in [5.41, 5.74) is 3.78. The Balaban J connectivity index is 1.84. The first kappa shape index (κ1) is 18.5. The van der Waals surface area contributed by atoms with Crippen molar-refractivity contribution in [2.24, 2.45) is 0 Å². The molecule has 0 atom stereocenters. The quantitative estimate of drug-likeness (QED) is 0.884. The molecular formula is C20H24N2O3S. The Morgan fingerprint density at radius 2 is 1.58 bits per heavy atom. The normalized spacial score (nSPS) is 15.2. The van der Waals surface area contributed by atoms with Crippen LogP contribution in [0.4, 0.5) is 11.4 Å². The van der Waals surface area contributed by atoms with Crippen molar-refractivity contribution in [3.8, 4) is 0 Å². The van der Waals surface area contributed by atoms with Crippen molar-refractivity contribution in [3.05, 3.63) is 53.1 Å². The van der Waals surface area contributed by atoms with Crippen molar-refractivity contribution in [2.75, 3.05) is 16.2 Å². The number of rotatable bonds is 4. The molecule has 26 heavy (non-hydrogen) atoms. The Kier molecular flexibility index (Phi) is 5.05. The van der Waals surface area contributed by atoms with Crippen molar-refractivity contribution < 1.29 is 13.2 Å². The molecule has 6 heteroatoms. The van der Waals surface area contributed by atoms with E-state index < -0.39 is 10.0 Å². The summed E-state index contributed by atoms with van der Waals surface area (Å²) in [5, 5.41) is 0. The molecule has 1 heterocycles. The topological polar surface area (TPSA) is 66.5 Å². The van der Waals surface area contributed by atoms with Gasteiger partial charge in [0.2, 0.25) is 5.91 Å². The van der Waals surface area contributed by atoms with Gasteiger partial charge in [-0.2, -0.15) is 0 Å². The zero-order valence-corrected chi connectivity index (χ0v) is 16.2. The highest BCUT2D eigenvalue weighted by Gasteiger charge is 2.21. The number of piperidine rings is 1. The predicted molar refractivity (Wildman–Crippen MR) is 104 cm³/mol. The molecule has 0 radical (unpaired) electrons. The molecule has 5 nitrogen and oxygen atoms in total. The molecule has 0 bridgehead atoms. The lowest BCUT2D eigenvalue weighted by atomic mass is 10.1. The van der Waals surface area contributed by atoms with E-state index in [-0.39, 0.29) is 5.91 Å². The lowest BCUT2D eigenvalue weighted by Gasteiger charge is -2.27. The number of nitrogens with zero attached hydrogens (tertiary/aromatic N) is 1. The maximum absolute atomic E-state index is 12.8. The fourth-order valence-electron chi connectivity index (χ4n) is 3.59. The summed E-state index contributed by atoms with van der Waals surface area (Å²) in [5.74, 6) is 0.121. The van der Waals surface area contributed by atoms with Gasteiger partial charge in [-0.15, -0.1) is 0 Å². The summed E-state index contributed by atoms with van der Waals surface area (Å²) in [6.07, 6.45) is 2.49. The highest BCUT2D eigenvalue weighted by Crippen LogP contribution is 2.26. The van der Waals surface area contributed by atoms with Gasteiger partial charge in [-0.05, 0) is 69.0 Å². The number of sulfonamides is 1. The van der Waals surface area contributed by atoms with Crippen LogP contribution in [0.5, 0.6) is 0 Å². The largest absolute Gasteiger partial charge is 0.312 e. The minimum Gasteiger partial charge on any atom is -0.312 e. The van der Waals surface area contributed by atoms with Gasteiger partial charge in [-0.1, -0.05) is 17.7 Å². The minimum absolute atomic E-state index is 0.121. The van der Waals surface area contributed by atoms with Crippen LogP contribution in [0.25, 0.3) is 0 Å². The lowest BCUT2D eigenvalue weighted by Crippen LogP contribution is -2.35. The highest BCUT2D eigenvalue weighted by atomic mass is 32.2. The molecule has 0 unspecified atom stereocenters. The van der Waals surface area contributed by atoms with Crippen molar-refractivity contribution in [2.45, 2.75) is 44.9 Å². The van der Waals surface area contributed by atoms with Crippen LogP contribution in [0.2, 0.25) is 0 Å². The third-order valence-electron chi connectivity index (χ3n) is 4.63. The zero-order valence-electron chi connectivity index (χ0n) is 15.4. The van der Waals surface area contributed by atoms with Crippen LogP contribution in [0, 0.1) is 20.8 Å². The Labute approximate surface area is 155 Å². The second-order valence-corrected chi connectivity index (χ2v) is 8.50. The first-order valence-electron chi connectivity index (χ1n) is 8.79. The molecule has 0 spiro atoms. The summed E-state index contributed by atoms with van der Waals surface area (Å²) in [6.45, 7) is 6.27. The molecule has 1 aliphatic rings. The van der Waals surface area contributed by atoms with Crippen LogP contribution in [0.1, 0.15) is 36.0 Å². The Morgan fingerprint density at radius 3 is 2.15 bits per heavy atom. The first-order chi connectivity index (χ1) is 12.3. The Hall–Kier alpha value is -2.34. The fraction of sp³-hybridized carbons (Fsp3) is 0.350. The van der Waals surface area contributed by atoms with Crippen LogP contribution >= 0.6 is 0 Å². The van der Waals surface area contributed by atoms with Crippen LogP contribution in [0.3, 0.4) is 0 Å². The summed E-state index contributed by atoms with van der Waals surface area (Å²) in [6, 6.07) is 10.7. The molecule has 1 saturated heterocycles. The molecule has 138 valence electrons. The van der Waals surface area contributed by atoms with Crippen LogP contribution in [-0.2, 0) is 14.8 Å². The zero-order chi connectivity index (χ0) is 18.9. The SMILES string of the molecule is Cc1cc(C)c(S(=O)(=O)Nc2ccc(N3CCCCC3=O)cc2)c(C)c1. The Morgan fingerprint density at radius 1 is 0.962 bits per heavy atom. The average Bonchev–Trinajstić information content (AvgIpc) is 2.54. The van der Waals surface area contributed by atoms with Crippen molar-refractivity contribution in [1.29, 1.82) is 0 Å². The molecule has 3 rings (SSSR count). The van der Waals surface area contributed by atoms with Gasteiger partial charge in [0.25, 0.3) is 10.0 Å². The molecule has 1 aliphatic heterocycles.